The zero-order chi connectivity index (χ0) is 17.6. The molecule has 6 nitrogen and oxygen atoms in total. The molecule has 25 heavy (non-hydrogen) atoms. The monoisotopic (exact) mass is 346 g/mol. The highest BCUT2D eigenvalue weighted by Crippen LogP contribution is 2.25. The Bertz CT molecular complexity index is 613. The Morgan fingerprint density at radius 1 is 1.32 bits per heavy atom. The zero-order valence-corrected chi connectivity index (χ0v) is 14.7. The van der Waals surface area contributed by atoms with Gasteiger partial charge in [-0.1, -0.05) is 18.2 Å². The van der Waals surface area contributed by atoms with Crippen molar-refractivity contribution in [3.8, 4) is 5.75 Å². The van der Waals surface area contributed by atoms with E-state index in [4.69, 9.17) is 9.47 Å². The van der Waals surface area contributed by atoms with Gasteiger partial charge in [-0.05, 0) is 30.9 Å². The summed E-state index contributed by atoms with van der Waals surface area (Å²) in [5.41, 5.74) is 1.07. The molecule has 1 atom stereocenters. The predicted molar refractivity (Wildman–Crippen MR) is 93.4 cm³/mol. The van der Waals surface area contributed by atoms with E-state index in [9.17, 15) is 9.59 Å². The minimum absolute atomic E-state index is 0.0298. The average molecular weight is 346 g/mol. The van der Waals surface area contributed by atoms with E-state index in [0.29, 0.717) is 39.1 Å². The molecule has 136 valence electrons. The van der Waals surface area contributed by atoms with E-state index >= 15 is 0 Å². The zero-order valence-electron chi connectivity index (χ0n) is 14.7. The molecular formula is C19H26N2O4. The summed E-state index contributed by atoms with van der Waals surface area (Å²) in [6.45, 7) is 2.47. The van der Waals surface area contributed by atoms with E-state index in [1.807, 2.05) is 29.2 Å². The van der Waals surface area contributed by atoms with Crippen molar-refractivity contribution in [2.75, 3.05) is 33.4 Å². The predicted octanol–water partition coefficient (Wildman–Crippen LogP) is 1.38. The number of benzene rings is 1. The molecule has 1 aromatic rings. The first-order valence-corrected chi connectivity index (χ1v) is 8.96. The quantitative estimate of drug-likeness (QED) is 0.845. The second kappa shape index (κ2) is 8.34. The van der Waals surface area contributed by atoms with Gasteiger partial charge in [0, 0.05) is 38.8 Å². The number of methoxy groups -OCH3 is 1. The molecule has 0 aliphatic carbocycles. The van der Waals surface area contributed by atoms with E-state index in [0.717, 1.165) is 24.2 Å². The SMILES string of the molecule is COc1ccccc1CCNC(=O)C1CC(=O)N(C2CCOCC2)C1. The molecule has 1 N–H and O–H groups in total. The second-order valence-corrected chi connectivity index (χ2v) is 6.64. The highest BCUT2D eigenvalue weighted by atomic mass is 16.5. The summed E-state index contributed by atoms with van der Waals surface area (Å²) in [5.74, 6) is 0.654. The third kappa shape index (κ3) is 4.31. The molecule has 0 spiro atoms. The van der Waals surface area contributed by atoms with E-state index < -0.39 is 0 Å². The van der Waals surface area contributed by atoms with Crippen molar-refractivity contribution in [3.63, 3.8) is 0 Å². The molecule has 1 aromatic carbocycles. The number of amides is 2. The first-order valence-electron chi connectivity index (χ1n) is 8.96. The van der Waals surface area contributed by atoms with Gasteiger partial charge in [0.25, 0.3) is 0 Å². The number of ether oxygens (including phenoxy) is 2. The van der Waals surface area contributed by atoms with Crippen molar-refractivity contribution in [2.24, 2.45) is 5.92 Å². The summed E-state index contributed by atoms with van der Waals surface area (Å²) < 4.78 is 10.7. The summed E-state index contributed by atoms with van der Waals surface area (Å²) in [6, 6.07) is 8.03. The molecule has 2 amide bonds. The van der Waals surface area contributed by atoms with Gasteiger partial charge < -0.3 is 19.7 Å². The normalized spacial score (nSPS) is 21.4. The molecule has 2 saturated heterocycles. The Hall–Kier alpha value is -2.08. The molecule has 0 aromatic heterocycles. The molecule has 2 aliphatic heterocycles. The van der Waals surface area contributed by atoms with Crippen LogP contribution in [-0.4, -0.2) is 56.2 Å². The van der Waals surface area contributed by atoms with Crippen molar-refractivity contribution in [2.45, 2.75) is 31.7 Å². The van der Waals surface area contributed by atoms with Crippen LogP contribution in [0.5, 0.6) is 5.75 Å². The lowest BCUT2D eigenvalue weighted by molar-refractivity contribution is -0.131. The van der Waals surface area contributed by atoms with Crippen molar-refractivity contribution in [3.05, 3.63) is 29.8 Å². The number of nitrogens with one attached hydrogen (secondary N) is 1. The van der Waals surface area contributed by atoms with Crippen LogP contribution < -0.4 is 10.1 Å². The number of nitrogens with zero attached hydrogens (tertiary/aromatic N) is 1. The summed E-state index contributed by atoms with van der Waals surface area (Å²) in [7, 11) is 1.65. The van der Waals surface area contributed by atoms with Crippen LogP contribution in [0.4, 0.5) is 0 Å². The minimum atomic E-state index is -0.243. The van der Waals surface area contributed by atoms with Crippen LogP contribution in [-0.2, 0) is 20.7 Å². The van der Waals surface area contributed by atoms with E-state index in [2.05, 4.69) is 5.32 Å². The molecule has 6 heteroatoms. The van der Waals surface area contributed by atoms with Crippen molar-refractivity contribution in [1.82, 2.24) is 10.2 Å². The number of hydrogen-bond donors (Lipinski definition) is 1. The average Bonchev–Trinajstić information content (AvgIpc) is 3.04. The molecule has 2 heterocycles. The Morgan fingerprint density at radius 2 is 2.08 bits per heavy atom. The lowest BCUT2D eigenvalue weighted by Gasteiger charge is -2.31. The molecule has 2 fully saturated rings. The van der Waals surface area contributed by atoms with Crippen LogP contribution in [0.3, 0.4) is 0 Å². The summed E-state index contributed by atoms with van der Waals surface area (Å²) in [5, 5.41) is 2.97. The minimum Gasteiger partial charge on any atom is -0.496 e. The fourth-order valence-electron chi connectivity index (χ4n) is 3.63. The number of carbonyl (C=O) groups is 2. The van der Waals surface area contributed by atoms with Gasteiger partial charge in [0.15, 0.2) is 0 Å². The Balaban J connectivity index is 1.48. The molecule has 0 saturated carbocycles. The third-order valence-corrected chi connectivity index (χ3v) is 5.05. The Kier molecular flexibility index (Phi) is 5.91. The van der Waals surface area contributed by atoms with Gasteiger partial charge >= 0.3 is 0 Å². The van der Waals surface area contributed by atoms with Gasteiger partial charge in [-0.15, -0.1) is 0 Å². The molecular weight excluding hydrogens is 320 g/mol. The van der Waals surface area contributed by atoms with Crippen LogP contribution in [0.2, 0.25) is 0 Å². The summed E-state index contributed by atoms with van der Waals surface area (Å²) in [6.07, 6.45) is 2.76. The topological polar surface area (TPSA) is 67.9 Å². The van der Waals surface area contributed by atoms with Crippen LogP contribution in [0.1, 0.15) is 24.8 Å². The fourth-order valence-corrected chi connectivity index (χ4v) is 3.63. The first kappa shape index (κ1) is 17.7. The molecule has 0 radical (unpaired) electrons. The Labute approximate surface area is 148 Å². The van der Waals surface area contributed by atoms with Crippen LogP contribution in [0, 0.1) is 5.92 Å². The largest absolute Gasteiger partial charge is 0.496 e. The van der Waals surface area contributed by atoms with E-state index in [1.165, 1.54) is 0 Å². The van der Waals surface area contributed by atoms with Gasteiger partial charge in [0.1, 0.15) is 5.75 Å². The second-order valence-electron chi connectivity index (χ2n) is 6.64. The lowest BCUT2D eigenvalue weighted by atomic mass is 10.1. The molecule has 2 aliphatic rings. The van der Waals surface area contributed by atoms with Crippen molar-refractivity contribution < 1.29 is 19.1 Å². The summed E-state index contributed by atoms with van der Waals surface area (Å²) in [4.78, 5) is 26.6. The van der Waals surface area contributed by atoms with Gasteiger partial charge in [-0.25, -0.2) is 0 Å². The lowest BCUT2D eigenvalue weighted by Crippen LogP contribution is -2.41. The standard InChI is InChI=1S/C19H26N2O4/c1-24-17-5-3-2-4-14(17)6-9-20-19(23)15-12-18(22)21(13-15)16-7-10-25-11-8-16/h2-5,15-16H,6-13H2,1H3,(H,20,23). The fraction of sp³-hybridized carbons (Fsp3) is 0.579. The van der Waals surface area contributed by atoms with Crippen molar-refractivity contribution in [1.29, 1.82) is 0 Å². The third-order valence-electron chi connectivity index (χ3n) is 5.05. The molecule has 0 bridgehead atoms. The van der Waals surface area contributed by atoms with Crippen LogP contribution in [0.15, 0.2) is 24.3 Å². The Morgan fingerprint density at radius 3 is 2.84 bits per heavy atom. The number of rotatable bonds is 6. The van der Waals surface area contributed by atoms with Crippen molar-refractivity contribution >= 4 is 11.8 Å². The molecule has 3 rings (SSSR count). The first-order chi connectivity index (χ1) is 12.2. The maximum absolute atomic E-state index is 12.4. The maximum Gasteiger partial charge on any atom is 0.225 e. The van der Waals surface area contributed by atoms with E-state index in [1.54, 1.807) is 7.11 Å². The van der Waals surface area contributed by atoms with Crippen LogP contribution >= 0.6 is 0 Å². The number of para-hydroxylation sites is 1. The highest BCUT2D eigenvalue weighted by molar-refractivity contribution is 5.89. The number of likely N-dealkylation sites (tertiary alicyclic amines) is 1. The maximum atomic E-state index is 12.4. The van der Waals surface area contributed by atoms with Crippen LogP contribution in [0.25, 0.3) is 0 Å². The van der Waals surface area contributed by atoms with Gasteiger partial charge in [-0.3, -0.25) is 9.59 Å². The van der Waals surface area contributed by atoms with Gasteiger partial charge in [-0.2, -0.15) is 0 Å². The summed E-state index contributed by atoms with van der Waals surface area (Å²) >= 11 is 0. The number of carbonyl (C=O) groups excluding carboxylic acids is 2. The number of hydrogen-bond acceptors (Lipinski definition) is 4. The highest BCUT2D eigenvalue weighted by Gasteiger charge is 2.38. The van der Waals surface area contributed by atoms with E-state index in [-0.39, 0.29) is 23.8 Å². The van der Waals surface area contributed by atoms with Gasteiger partial charge in [0.05, 0.1) is 13.0 Å². The smallest absolute Gasteiger partial charge is 0.225 e. The van der Waals surface area contributed by atoms with Gasteiger partial charge in [0.2, 0.25) is 11.8 Å². The molecule has 1 unspecified atom stereocenters.